The van der Waals surface area contributed by atoms with Crippen molar-refractivity contribution in [3.05, 3.63) is 65.7 Å². The van der Waals surface area contributed by atoms with E-state index in [1.54, 1.807) is 4.31 Å². The third-order valence-electron chi connectivity index (χ3n) is 6.09. The van der Waals surface area contributed by atoms with Crippen molar-refractivity contribution >= 4 is 21.6 Å². The number of amides is 1. The molecule has 0 aromatic heterocycles. The summed E-state index contributed by atoms with van der Waals surface area (Å²) in [4.78, 5) is 16.2. The lowest BCUT2D eigenvalue weighted by Crippen LogP contribution is -3.19. The normalized spacial score (nSPS) is 19.1. The Hall–Kier alpha value is -2.22. The van der Waals surface area contributed by atoms with Gasteiger partial charge in [0, 0.05) is 12.2 Å². The van der Waals surface area contributed by atoms with Crippen LogP contribution >= 0.6 is 0 Å². The monoisotopic (exact) mass is 414 g/mol. The number of sulfonamides is 1. The number of piperazine rings is 1. The molecule has 1 atom stereocenters. The van der Waals surface area contributed by atoms with Gasteiger partial charge in [-0.05, 0) is 30.5 Å². The van der Waals surface area contributed by atoms with E-state index in [2.05, 4.69) is 6.07 Å². The molecule has 2 aromatic rings. The summed E-state index contributed by atoms with van der Waals surface area (Å²) in [6.45, 7) is 4.91. The number of anilines is 1. The molecule has 1 fully saturated rings. The number of benzene rings is 2. The molecular weight excluding hydrogens is 386 g/mol. The van der Waals surface area contributed by atoms with E-state index in [1.165, 1.54) is 5.56 Å². The number of hydrogen-bond donors (Lipinski definition) is 1. The van der Waals surface area contributed by atoms with Crippen molar-refractivity contribution < 1.29 is 18.1 Å². The van der Waals surface area contributed by atoms with Gasteiger partial charge in [-0.3, -0.25) is 4.79 Å². The van der Waals surface area contributed by atoms with Crippen molar-refractivity contribution in [2.45, 2.75) is 25.1 Å². The Morgan fingerprint density at radius 3 is 2.38 bits per heavy atom. The Bertz CT molecular complexity index is 970. The van der Waals surface area contributed by atoms with E-state index < -0.39 is 10.0 Å². The fourth-order valence-electron chi connectivity index (χ4n) is 4.34. The smallest absolute Gasteiger partial charge is 0.284 e. The summed E-state index contributed by atoms with van der Waals surface area (Å²) in [5, 5.41) is 0. The zero-order chi connectivity index (χ0) is 20.4. The van der Waals surface area contributed by atoms with Crippen LogP contribution in [0.5, 0.6) is 0 Å². The van der Waals surface area contributed by atoms with Crippen molar-refractivity contribution in [1.29, 1.82) is 0 Å². The second-order valence-corrected chi connectivity index (χ2v) is 9.86. The van der Waals surface area contributed by atoms with Crippen molar-refractivity contribution in [3.8, 4) is 0 Å². The molecule has 0 spiro atoms. The van der Waals surface area contributed by atoms with E-state index in [4.69, 9.17) is 0 Å². The van der Waals surface area contributed by atoms with Crippen LogP contribution in [0.1, 0.15) is 18.1 Å². The Morgan fingerprint density at radius 2 is 1.66 bits per heavy atom. The van der Waals surface area contributed by atoms with Gasteiger partial charge >= 0.3 is 0 Å². The second kappa shape index (κ2) is 8.26. The Kier molecular flexibility index (Phi) is 5.72. The summed E-state index contributed by atoms with van der Waals surface area (Å²) >= 11 is 0. The highest BCUT2D eigenvalue weighted by Gasteiger charge is 2.37. The van der Waals surface area contributed by atoms with Gasteiger partial charge in [-0.2, -0.15) is 4.31 Å². The molecule has 0 bridgehead atoms. The third kappa shape index (κ3) is 4.22. The molecule has 0 unspecified atom stereocenters. The van der Waals surface area contributed by atoms with Crippen LogP contribution in [0, 0.1) is 0 Å². The largest absolute Gasteiger partial charge is 0.323 e. The van der Waals surface area contributed by atoms with Crippen molar-refractivity contribution in [2.24, 2.45) is 0 Å². The quantitative estimate of drug-likeness (QED) is 0.783. The minimum atomic E-state index is -3.34. The number of carbonyl (C=O) groups is 1. The average Bonchev–Trinajstić information content (AvgIpc) is 3.17. The first-order chi connectivity index (χ1) is 14.0. The highest BCUT2D eigenvalue weighted by molar-refractivity contribution is 7.88. The zero-order valence-corrected chi connectivity index (χ0v) is 17.6. The van der Waals surface area contributed by atoms with Crippen molar-refractivity contribution in [1.82, 2.24) is 4.31 Å². The van der Waals surface area contributed by atoms with Crippen LogP contribution in [0.2, 0.25) is 0 Å². The summed E-state index contributed by atoms with van der Waals surface area (Å²) in [6, 6.07) is 17.2. The summed E-state index contributed by atoms with van der Waals surface area (Å²) in [5.41, 5.74) is 3.05. The van der Waals surface area contributed by atoms with Crippen LogP contribution in [0.15, 0.2) is 54.6 Å². The molecule has 1 amide bonds. The van der Waals surface area contributed by atoms with Gasteiger partial charge in [-0.15, -0.1) is 0 Å². The van der Waals surface area contributed by atoms with Gasteiger partial charge in [0.25, 0.3) is 5.91 Å². The molecule has 0 aliphatic carbocycles. The number of para-hydroxylation sites is 1. The van der Waals surface area contributed by atoms with Gasteiger partial charge in [-0.1, -0.05) is 48.5 Å². The molecule has 0 saturated carbocycles. The van der Waals surface area contributed by atoms with E-state index in [9.17, 15) is 13.2 Å². The van der Waals surface area contributed by atoms with Crippen LogP contribution in [0.4, 0.5) is 5.69 Å². The maximum absolute atomic E-state index is 13.1. The lowest BCUT2D eigenvalue weighted by atomic mass is 10.1. The number of nitrogens with one attached hydrogen (secondary N) is 1. The molecular formula is C22H28N3O3S+. The first-order valence-corrected chi connectivity index (χ1v) is 11.8. The summed E-state index contributed by atoms with van der Waals surface area (Å²) < 4.78 is 27.1. The van der Waals surface area contributed by atoms with E-state index in [0.717, 1.165) is 29.1 Å². The third-order valence-corrected chi connectivity index (χ3v) is 7.94. The molecule has 6 nitrogen and oxygen atoms in total. The van der Waals surface area contributed by atoms with Gasteiger partial charge in [0.2, 0.25) is 10.0 Å². The van der Waals surface area contributed by atoms with Crippen molar-refractivity contribution in [2.75, 3.05) is 37.6 Å². The van der Waals surface area contributed by atoms with Crippen LogP contribution in [-0.4, -0.2) is 57.4 Å². The maximum atomic E-state index is 13.1. The van der Waals surface area contributed by atoms with Gasteiger partial charge in [-0.25, -0.2) is 8.42 Å². The lowest BCUT2D eigenvalue weighted by Gasteiger charge is -2.35. The van der Waals surface area contributed by atoms with E-state index >= 15 is 0 Å². The van der Waals surface area contributed by atoms with E-state index in [-0.39, 0.29) is 17.7 Å². The summed E-state index contributed by atoms with van der Waals surface area (Å²) in [5.74, 6) is 0.160. The molecule has 1 saturated heterocycles. The number of nitrogens with zero attached hydrogens (tertiary/aromatic N) is 2. The minimum absolute atomic E-state index is 0.0300. The van der Waals surface area contributed by atoms with Crippen molar-refractivity contribution in [3.63, 3.8) is 0 Å². The molecule has 4 rings (SSSR count). The zero-order valence-electron chi connectivity index (χ0n) is 16.8. The first-order valence-electron chi connectivity index (χ1n) is 10.2. The number of fused-ring (bicyclic) bond motifs is 1. The average molecular weight is 415 g/mol. The fourth-order valence-corrected chi connectivity index (χ4v) is 5.87. The molecule has 154 valence electrons. The molecule has 7 heteroatoms. The van der Waals surface area contributed by atoms with Gasteiger partial charge in [0.1, 0.15) is 0 Å². The SMILES string of the molecule is C[C@H](C(=O)N1CCc2ccccc21)[NH+]1CCN(S(=O)(=O)Cc2ccccc2)CC1. The van der Waals surface area contributed by atoms with E-state index in [1.807, 2.05) is 60.4 Å². The Morgan fingerprint density at radius 1 is 1.00 bits per heavy atom. The molecule has 1 N–H and O–H groups in total. The molecule has 2 aromatic carbocycles. The molecule has 0 radical (unpaired) electrons. The molecule has 2 aliphatic heterocycles. The maximum Gasteiger partial charge on any atom is 0.284 e. The van der Waals surface area contributed by atoms with Gasteiger partial charge in [0.05, 0.1) is 31.9 Å². The Labute approximate surface area is 172 Å². The summed E-state index contributed by atoms with van der Waals surface area (Å²) in [7, 11) is -3.34. The predicted octanol–water partition coefficient (Wildman–Crippen LogP) is 0.695. The van der Waals surface area contributed by atoms with Crippen LogP contribution in [-0.2, 0) is 27.0 Å². The van der Waals surface area contributed by atoms with Crippen LogP contribution in [0.3, 0.4) is 0 Å². The molecule has 2 aliphatic rings. The summed E-state index contributed by atoms with van der Waals surface area (Å²) in [6.07, 6.45) is 0.898. The Balaban J connectivity index is 1.36. The standard InChI is InChI=1S/C22H27N3O3S/c1-18(22(26)25-12-11-20-9-5-6-10-21(20)25)23-13-15-24(16-14-23)29(27,28)17-19-7-3-2-4-8-19/h2-10,18H,11-17H2,1H3/p+1/t18-/m1/s1. The second-order valence-electron chi connectivity index (χ2n) is 7.89. The predicted molar refractivity (Wildman–Crippen MR) is 113 cm³/mol. The number of rotatable bonds is 5. The van der Waals surface area contributed by atoms with Gasteiger partial charge in [0.15, 0.2) is 6.04 Å². The van der Waals surface area contributed by atoms with Crippen LogP contribution in [0.25, 0.3) is 0 Å². The molecule has 2 heterocycles. The van der Waals surface area contributed by atoms with Gasteiger partial charge < -0.3 is 9.80 Å². The van der Waals surface area contributed by atoms with Crippen LogP contribution < -0.4 is 9.80 Å². The lowest BCUT2D eigenvalue weighted by molar-refractivity contribution is -0.917. The number of carbonyl (C=O) groups excluding carboxylic acids is 1. The molecule has 29 heavy (non-hydrogen) atoms. The topological polar surface area (TPSA) is 62.1 Å². The highest BCUT2D eigenvalue weighted by atomic mass is 32.2. The van der Waals surface area contributed by atoms with E-state index in [0.29, 0.717) is 26.2 Å². The minimum Gasteiger partial charge on any atom is -0.323 e. The highest BCUT2D eigenvalue weighted by Crippen LogP contribution is 2.27. The number of hydrogen-bond acceptors (Lipinski definition) is 3. The number of quaternary nitrogens is 1. The first kappa shape index (κ1) is 20.1. The fraction of sp³-hybridized carbons (Fsp3) is 0.409.